The van der Waals surface area contributed by atoms with E-state index in [-0.39, 0.29) is 26.3 Å². The Morgan fingerprint density at radius 2 is 1.64 bits per heavy atom. The average molecular weight is 763 g/mol. The van der Waals surface area contributed by atoms with Gasteiger partial charge in [-0.05, 0) is 53.9 Å². The number of hydrogen-bond acceptors (Lipinski definition) is 4. The first-order chi connectivity index (χ1) is 21.9. The van der Waals surface area contributed by atoms with Crippen molar-refractivity contribution in [3.8, 4) is 39.7 Å². The van der Waals surface area contributed by atoms with Crippen molar-refractivity contribution >= 4 is 21.9 Å². The van der Waals surface area contributed by atoms with Crippen molar-refractivity contribution < 1.29 is 25.9 Å². The van der Waals surface area contributed by atoms with Gasteiger partial charge in [-0.2, -0.15) is 5.26 Å². The molecule has 5 heteroatoms. The number of nitriles is 1. The predicted molar refractivity (Wildman–Crippen MR) is 178 cm³/mol. The van der Waals surface area contributed by atoms with Crippen LogP contribution < -0.4 is 0 Å². The number of benzene rings is 4. The number of pyridine rings is 2. The molecule has 0 aliphatic carbocycles. The molecule has 3 heterocycles. The molecule has 0 saturated carbocycles. The fourth-order valence-electron chi connectivity index (χ4n) is 5.31. The average Bonchev–Trinajstić information content (AvgIpc) is 3.44. The fourth-order valence-corrected chi connectivity index (χ4v) is 5.31. The molecule has 0 aliphatic rings. The van der Waals surface area contributed by atoms with Gasteiger partial charge in [-0.15, -0.1) is 54.1 Å². The zero-order valence-corrected chi connectivity index (χ0v) is 27.7. The maximum Gasteiger partial charge on any atom is 0.130 e. The molecule has 4 nitrogen and oxygen atoms in total. The van der Waals surface area contributed by atoms with Crippen LogP contribution in [0.15, 0.2) is 120 Å². The zero-order chi connectivity index (χ0) is 31.3. The van der Waals surface area contributed by atoms with Gasteiger partial charge in [0.05, 0.1) is 18.6 Å². The van der Waals surface area contributed by atoms with E-state index in [9.17, 15) is 5.26 Å². The largest absolute Gasteiger partial charge is 0.500 e. The normalized spacial score (nSPS) is 11.0. The molecule has 0 unspecified atom stereocenters. The first-order valence-corrected chi connectivity index (χ1v) is 14.6. The quantitative estimate of drug-likeness (QED) is 0.164. The topological polar surface area (TPSA) is 62.7 Å². The van der Waals surface area contributed by atoms with Gasteiger partial charge in [-0.25, -0.2) is 0 Å². The van der Waals surface area contributed by atoms with Crippen LogP contribution in [0.2, 0.25) is 0 Å². The molecule has 223 valence electrons. The van der Waals surface area contributed by atoms with Crippen LogP contribution in [-0.4, -0.2) is 9.97 Å². The van der Waals surface area contributed by atoms with E-state index in [0.29, 0.717) is 28.3 Å². The summed E-state index contributed by atoms with van der Waals surface area (Å²) in [6, 6.07) is 42.0. The fraction of sp³-hybridized carbons (Fsp3) is 0.125. The van der Waals surface area contributed by atoms with E-state index < -0.39 is 0 Å². The van der Waals surface area contributed by atoms with E-state index in [2.05, 4.69) is 48.1 Å². The van der Waals surface area contributed by atoms with Crippen molar-refractivity contribution in [2.45, 2.75) is 27.2 Å². The minimum Gasteiger partial charge on any atom is -0.500 e. The Hall–Kier alpha value is -4.88. The van der Waals surface area contributed by atoms with Gasteiger partial charge >= 0.3 is 0 Å². The van der Waals surface area contributed by atoms with E-state index >= 15 is 0 Å². The van der Waals surface area contributed by atoms with Crippen molar-refractivity contribution in [1.29, 1.82) is 5.26 Å². The summed E-state index contributed by atoms with van der Waals surface area (Å²) in [5, 5.41) is 11.6. The Morgan fingerprint density at radius 3 is 2.36 bits per heavy atom. The van der Waals surface area contributed by atoms with E-state index in [1.54, 1.807) is 0 Å². The van der Waals surface area contributed by atoms with Gasteiger partial charge in [0.2, 0.25) is 0 Å². The number of nitrogens with zero attached hydrogens (tertiary/aromatic N) is 3. The maximum absolute atomic E-state index is 9.75. The Morgan fingerprint density at radius 1 is 0.844 bits per heavy atom. The SMILES string of the molecule is Cc1ccc(-c2[c-]cccc2)nc1.[2H]c1cc(CC(C)C)cc(-c2[c-]ccc3c2oc2c(-c4ccccc4)c(C#N)ccc23)n1.[Ir]. The number of furan rings is 1. The van der Waals surface area contributed by atoms with Gasteiger partial charge in [0.15, 0.2) is 0 Å². The van der Waals surface area contributed by atoms with Crippen molar-refractivity contribution in [1.82, 2.24) is 9.97 Å². The number of fused-ring (bicyclic) bond motifs is 3. The molecule has 3 aromatic heterocycles. The van der Waals surface area contributed by atoms with Gasteiger partial charge in [0, 0.05) is 43.4 Å². The Bertz CT molecular complexity index is 2130. The summed E-state index contributed by atoms with van der Waals surface area (Å²) < 4.78 is 14.6. The smallest absolute Gasteiger partial charge is 0.130 e. The Labute approximate surface area is 279 Å². The number of aryl methyl sites for hydroxylation is 1. The van der Waals surface area contributed by atoms with Gasteiger partial charge in [0.1, 0.15) is 5.58 Å². The van der Waals surface area contributed by atoms with Gasteiger partial charge in [-0.1, -0.05) is 85.0 Å². The third kappa shape index (κ3) is 6.94. The van der Waals surface area contributed by atoms with Crippen molar-refractivity contribution in [2.75, 3.05) is 0 Å². The van der Waals surface area contributed by atoms with Crippen LogP contribution in [0, 0.1) is 36.3 Å². The van der Waals surface area contributed by atoms with E-state index in [0.717, 1.165) is 50.7 Å². The molecule has 0 amide bonds. The summed E-state index contributed by atoms with van der Waals surface area (Å²) >= 11 is 0. The molecule has 0 aliphatic heterocycles. The van der Waals surface area contributed by atoms with Crippen molar-refractivity contribution in [3.63, 3.8) is 0 Å². The van der Waals surface area contributed by atoms with Crippen LogP contribution in [-0.2, 0) is 26.5 Å². The van der Waals surface area contributed by atoms with Crippen LogP contribution >= 0.6 is 0 Å². The molecule has 0 atom stereocenters. The summed E-state index contributed by atoms with van der Waals surface area (Å²) in [5.74, 6) is 0.480. The van der Waals surface area contributed by atoms with E-state index in [1.807, 2.05) is 110 Å². The molecule has 0 fully saturated rings. The number of aromatic nitrogens is 2. The molecule has 7 rings (SSSR count). The second kappa shape index (κ2) is 14.3. The number of hydrogen-bond donors (Lipinski definition) is 0. The van der Waals surface area contributed by atoms with Crippen molar-refractivity contribution in [3.05, 3.63) is 144 Å². The third-order valence-electron chi connectivity index (χ3n) is 7.34. The van der Waals surface area contributed by atoms with E-state index in [1.165, 1.54) is 5.56 Å². The standard InChI is InChI=1S/C28H21N2O.C12H10N.Ir/c1-18(2)15-19-13-14-30-25(16-19)24-10-6-9-22-23-12-11-21(17-29)26(28(23)31-27(22)24)20-7-4-3-5-8-20;1-10-7-8-12(13-9-10)11-5-3-2-4-6-11;/h3-9,11-14,16,18H,15H2,1-2H3;2-5,7-9H,1H3;/q2*-1;/i14D;;. The van der Waals surface area contributed by atoms with Crippen LogP contribution in [0.3, 0.4) is 0 Å². The summed E-state index contributed by atoms with van der Waals surface area (Å²) in [6.07, 6.45) is 2.98. The molecule has 45 heavy (non-hydrogen) atoms. The van der Waals surface area contributed by atoms with Gasteiger partial charge in [0.25, 0.3) is 0 Å². The Balaban J connectivity index is 0.000000250. The summed E-state index contributed by atoms with van der Waals surface area (Å²) in [5.41, 5.74) is 9.33. The van der Waals surface area contributed by atoms with Gasteiger partial charge < -0.3 is 14.4 Å². The zero-order valence-electron chi connectivity index (χ0n) is 26.3. The molecule has 7 aromatic rings. The van der Waals surface area contributed by atoms with E-state index in [4.69, 9.17) is 5.79 Å². The molecule has 0 spiro atoms. The molecule has 0 bridgehead atoms. The first-order valence-electron chi connectivity index (χ1n) is 15.1. The number of rotatable bonds is 5. The summed E-state index contributed by atoms with van der Waals surface area (Å²) in [4.78, 5) is 8.79. The second-order valence-corrected chi connectivity index (χ2v) is 11.1. The van der Waals surface area contributed by atoms with Crippen LogP contribution in [0.1, 0.15) is 31.9 Å². The first kappa shape index (κ1) is 30.2. The monoisotopic (exact) mass is 763 g/mol. The molecule has 0 N–H and O–H groups in total. The van der Waals surface area contributed by atoms with Crippen LogP contribution in [0.4, 0.5) is 0 Å². The summed E-state index contributed by atoms with van der Waals surface area (Å²) in [7, 11) is 0. The minimum atomic E-state index is 0. The maximum atomic E-state index is 9.75. The second-order valence-electron chi connectivity index (χ2n) is 11.1. The minimum absolute atomic E-state index is 0. The molecule has 1 radical (unpaired) electrons. The molecular weight excluding hydrogens is 731 g/mol. The third-order valence-corrected chi connectivity index (χ3v) is 7.34. The summed E-state index contributed by atoms with van der Waals surface area (Å²) in [6.45, 7) is 6.35. The molecule has 4 aromatic carbocycles. The Kier molecular flexibility index (Phi) is 9.56. The molecule has 0 saturated heterocycles. The van der Waals surface area contributed by atoms with Gasteiger partial charge in [-0.3, -0.25) is 0 Å². The van der Waals surface area contributed by atoms with Crippen LogP contribution in [0.5, 0.6) is 0 Å². The predicted octanol–water partition coefficient (Wildman–Crippen LogP) is 10.0. The van der Waals surface area contributed by atoms with Crippen LogP contribution in [0.25, 0.3) is 55.6 Å². The molecular formula is C40H31IrN3O-2. The van der Waals surface area contributed by atoms with Crippen molar-refractivity contribution in [2.24, 2.45) is 5.92 Å².